The van der Waals surface area contributed by atoms with Crippen molar-refractivity contribution in [2.75, 3.05) is 10.6 Å². The number of nitrogens with one attached hydrogen (secondary N) is 3. The highest BCUT2D eigenvalue weighted by Crippen LogP contribution is 2.18. The number of benzene rings is 2. The maximum Gasteiger partial charge on any atom is 0.272 e. The van der Waals surface area contributed by atoms with Crippen LogP contribution in [0, 0.1) is 6.92 Å². The molecule has 0 unspecified atom stereocenters. The molecule has 7 heteroatoms. The Hall–Kier alpha value is -3.74. The monoisotopic (exact) mass is 375 g/mol. The van der Waals surface area contributed by atoms with Crippen LogP contribution in [0.4, 0.5) is 17.2 Å². The molecule has 0 spiro atoms. The predicted molar refractivity (Wildman–Crippen MR) is 108 cm³/mol. The second-order valence-corrected chi connectivity index (χ2v) is 6.36. The van der Waals surface area contributed by atoms with E-state index in [0.29, 0.717) is 18.1 Å². The van der Waals surface area contributed by atoms with E-state index in [9.17, 15) is 9.59 Å². The smallest absolute Gasteiger partial charge is 0.272 e. The van der Waals surface area contributed by atoms with Gasteiger partial charge in [-0.3, -0.25) is 9.59 Å². The fourth-order valence-electron chi connectivity index (χ4n) is 2.52. The summed E-state index contributed by atoms with van der Waals surface area (Å²) in [5.74, 6) is 0.0697. The van der Waals surface area contributed by atoms with Crippen molar-refractivity contribution in [2.24, 2.45) is 0 Å². The normalized spacial score (nSPS) is 10.2. The summed E-state index contributed by atoms with van der Waals surface area (Å²) >= 11 is 0. The zero-order valence-electron chi connectivity index (χ0n) is 15.7. The molecular weight excluding hydrogens is 354 g/mol. The van der Waals surface area contributed by atoms with E-state index < -0.39 is 0 Å². The van der Waals surface area contributed by atoms with Crippen LogP contribution in [0.3, 0.4) is 0 Å². The number of nitrogens with zero attached hydrogens (tertiary/aromatic N) is 2. The first kappa shape index (κ1) is 19.0. The van der Waals surface area contributed by atoms with Crippen molar-refractivity contribution in [3.05, 3.63) is 77.5 Å². The molecule has 0 radical (unpaired) electrons. The molecule has 0 saturated heterocycles. The first-order chi connectivity index (χ1) is 13.5. The number of hydrogen-bond donors (Lipinski definition) is 3. The van der Waals surface area contributed by atoms with E-state index in [-0.39, 0.29) is 17.5 Å². The Balaban J connectivity index is 1.59. The minimum absolute atomic E-state index is 0.141. The Morgan fingerprint density at radius 1 is 0.929 bits per heavy atom. The lowest BCUT2D eigenvalue weighted by Crippen LogP contribution is -2.24. The number of carbonyl (C=O) groups is 2. The lowest BCUT2D eigenvalue weighted by Gasteiger charge is -2.08. The molecule has 0 aliphatic rings. The molecule has 28 heavy (non-hydrogen) atoms. The molecule has 0 saturated carbocycles. The van der Waals surface area contributed by atoms with Crippen LogP contribution in [-0.2, 0) is 11.3 Å². The molecule has 0 aliphatic heterocycles. The summed E-state index contributed by atoms with van der Waals surface area (Å²) in [6.45, 7) is 3.90. The van der Waals surface area contributed by atoms with Gasteiger partial charge in [-0.25, -0.2) is 0 Å². The van der Waals surface area contributed by atoms with Crippen LogP contribution in [0.1, 0.15) is 28.5 Å². The van der Waals surface area contributed by atoms with Crippen LogP contribution in [0.5, 0.6) is 0 Å². The number of hydrogen-bond acceptors (Lipinski definition) is 5. The third-order valence-electron chi connectivity index (χ3n) is 3.93. The number of aryl methyl sites for hydroxylation is 1. The van der Waals surface area contributed by atoms with Crippen LogP contribution in [-0.4, -0.2) is 22.0 Å². The Labute approximate surface area is 163 Å². The Bertz CT molecular complexity index is 969. The molecule has 1 aromatic heterocycles. The van der Waals surface area contributed by atoms with Gasteiger partial charge in [0.15, 0.2) is 11.5 Å². The average molecular weight is 375 g/mol. The molecule has 7 nitrogen and oxygen atoms in total. The Morgan fingerprint density at radius 2 is 1.68 bits per heavy atom. The molecule has 3 N–H and O–H groups in total. The van der Waals surface area contributed by atoms with Gasteiger partial charge in [-0.2, -0.15) is 0 Å². The lowest BCUT2D eigenvalue weighted by atomic mass is 10.1. The Morgan fingerprint density at radius 3 is 2.36 bits per heavy atom. The summed E-state index contributed by atoms with van der Waals surface area (Å²) in [4.78, 5) is 23.4. The van der Waals surface area contributed by atoms with Crippen LogP contribution in [0.15, 0.2) is 60.7 Å². The van der Waals surface area contributed by atoms with Crippen LogP contribution in [0.25, 0.3) is 0 Å². The summed E-state index contributed by atoms with van der Waals surface area (Å²) in [5.41, 5.74) is 3.86. The van der Waals surface area contributed by atoms with Gasteiger partial charge >= 0.3 is 0 Å². The third-order valence-corrected chi connectivity index (χ3v) is 3.93. The zero-order valence-corrected chi connectivity index (χ0v) is 15.7. The number of anilines is 3. The summed E-state index contributed by atoms with van der Waals surface area (Å²) in [7, 11) is 0. The number of carbonyl (C=O) groups excluding carboxylic acids is 2. The van der Waals surface area contributed by atoms with Crippen molar-refractivity contribution in [3.8, 4) is 0 Å². The molecule has 3 rings (SSSR count). The van der Waals surface area contributed by atoms with Gasteiger partial charge < -0.3 is 16.0 Å². The third kappa shape index (κ3) is 5.38. The van der Waals surface area contributed by atoms with Gasteiger partial charge in [0.2, 0.25) is 5.91 Å². The van der Waals surface area contributed by atoms with Crippen molar-refractivity contribution in [3.63, 3.8) is 0 Å². The first-order valence-corrected chi connectivity index (χ1v) is 8.82. The van der Waals surface area contributed by atoms with Crippen molar-refractivity contribution in [2.45, 2.75) is 20.4 Å². The van der Waals surface area contributed by atoms with Crippen molar-refractivity contribution >= 4 is 29.0 Å². The second kappa shape index (κ2) is 8.77. The SMILES string of the molecule is CC(=O)Nc1cccc(Nc2ccc(C(=O)NCc3ccc(C)cc3)nn2)c1. The fraction of sp³-hybridized carbons (Fsp3) is 0.143. The van der Waals surface area contributed by atoms with E-state index >= 15 is 0 Å². The average Bonchev–Trinajstić information content (AvgIpc) is 2.68. The van der Waals surface area contributed by atoms with Gasteiger partial charge in [0.1, 0.15) is 0 Å². The molecule has 0 bridgehead atoms. The first-order valence-electron chi connectivity index (χ1n) is 8.82. The van der Waals surface area contributed by atoms with E-state index in [1.807, 2.05) is 43.3 Å². The molecular formula is C21H21N5O2. The van der Waals surface area contributed by atoms with Gasteiger partial charge in [-0.05, 0) is 42.8 Å². The van der Waals surface area contributed by atoms with E-state index in [2.05, 4.69) is 26.1 Å². The Kier molecular flexibility index (Phi) is 5.96. The largest absolute Gasteiger partial charge is 0.347 e. The van der Waals surface area contributed by atoms with Crippen LogP contribution >= 0.6 is 0 Å². The second-order valence-electron chi connectivity index (χ2n) is 6.36. The molecule has 142 valence electrons. The number of rotatable bonds is 6. The summed E-state index contributed by atoms with van der Waals surface area (Å²) < 4.78 is 0. The molecule has 0 aliphatic carbocycles. The quantitative estimate of drug-likeness (QED) is 0.613. The molecule has 2 aromatic carbocycles. The minimum Gasteiger partial charge on any atom is -0.347 e. The summed E-state index contributed by atoms with van der Waals surface area (Å²) in [5, 5.41) is 16.7. The van der Waals surface area contributed by atoms with Gasteiger partial charge in [0.05, 0.1) is 0 Å². The molecule has 0 atom stereocenters. The highest BCUT2D eigenvalue weighted by atomic mass is 16.2. The molecule has 0 fully saturated rings. The highest BCUT2D eigenvalue weighted by molar-refractivity contribution is 5.92. The van der Waals surface area contributed by atoms with Crippen molar-refractivity contribution in [1.29, 1.82) is 0 Å². The lowest BCUT2D eigenvalue weighted by molar-refractivity contribution is -0.114. The molecule has 1 heterocycles. The van der Waals surface area contributed by atoms with E-state index in [0.717, 1.165) is 11.3 Å². The minimum atomic E-state index is -0.285. The van der Waals surface area contributed by atoms with Gasteiger partial charge in [0, 0.05) is 24.8 Å². The van der Waals surface area contributed by atoms with E-state index in [4.69, 9.17) is 0 Å². The summed E-state index contributed by atoms with van der Waals surface area (Å²) in [6.07, 6.45) is 0. The maximum absolute atomic E-state index is 12.2. The number of aromatic nitrogens is 2. The fourth-order valence-corrected chi connectivity index (χ4v) is 2.52. The molecule has 3 aromatic rings. The van der Waals surface area contributed by atoms with Crippen LogP contribution < -0.4 is 16.0 Å². The van der Waals surface area contributed by atoms with E-state index in [1.54, 1.807) is 24.3 Å². The maximum atomic E-state index is 12.2. The van der Waals surface area contributed by atoms with Gasteiger partial charge in [0.25, 0.3) is 5.91 Å². The zero-order chi connectivity index (χ0) is 19.9. The molecule has 2 amide bonds. The van der Waals surface area contributed by atoms with Crippen molar-refractivity contribution < 1.29 is 9.59 Å². The number of amides is 2. The standard InChI is InChI=1S/C21H21N5O2/c1-14-6-8-16(9-7-14)13-22-21(28)19-10-11-20(26-25-19)24-18-5-3-4-17(12-18)23-15(2)27/h3-12H,13H2,1-2H3,(H,22,28)(H,23,27)(H,24,26). The van der Waals surface area contributed by atoms with Crippen LogP contribution in [0.2, 0.25) is 0 Å². The van der Waals surface area contributed by atoms with Gasteiger partial charge in [-0.15, -0.1) is 10.2 Å². The van der Waals surface area contributed by atoms with Crippen molar-refractivity contribution in [1.82, 2.24) is 15.5 Å². The van der Waals surface area contributed by atoms with Gasteiger partial charge in [-0.1, -0.05) is 35.9 Å². The summed E-state index contributed by atoms with van der Waals surface area (Å²) in [6, 6.07) is 18.5. The topological polar surface area (TPSA) is 96.0 Å². The highest BCUT2D eigenvalue weighted by Gasteiger charge is 2.08. The van der Waals surface area contributed by atoms with E-state index in [1.165, 1.54) is 12.5 Å². The predicted octanol–water partition coefficient (Wildman–Crippen LogP) is 3.42.